The molecule has 0 spiro atoms. The molecule has 0 heterocycles. The van der Waals surface area contributed by atoms with Crippen molar-refractivity contribution >= 4 is 11.9 Å². The molecule has 0 bridgehead atoms. The zero-order chi connectivity index (χ0) is 23.4. The maximum Gasteiger partial charge on any atom is 0.309 e. The molecule has 0 N–H and O–H groups in total. The van der Waals surface area contributed by atoms with E-state index in [0.29, 0.717) is 13.0 Å². The van der Waals surface area contributed by atoms with Crippen molar-refractivity contribution < 1.29 is 19.2 Å². The summed E-state index contributed by atoms with van der Waals surface area (Å²) in [5.41, 5.74) is 1.36. The van der Waals surface area contributed by atoms with Crippen molar-refractivity contribution in [3.8, 4) is 0 Å². The topological polar surface area (TPSA) is 55.8 Å². The third-order valence-electron chi connectivity index (χ3n) is 4.99. The Hall–Kier alpha value is -2.66. The fourth-order valence-corrected chi connectivity index (χ4v) is 3.32. The molecule has 5 nitrogen and oxygen atoms in total. The van der Waals surface area contributed by atoms with Gasteiger partial charge in [0, 0.05) is 6.42 Å². The normalized spacial score (nSPS) is 12.2. The van der Waals surface area contributed by atoms with Gasteiger partial charge >= 0.3 is 5.97 Å². The molecule has 5 heteroatoms. The largest absolute Gasteiger partial charge is 0.460 e. The van der Waals surface area contributed by atoms with Gasteiger partial charge in [0.1, 0.15) is 12.2 Å². The lowest BCUT2D eigenvalue weighted by molar-refractivity contribution is -0.198. The molecule has 1 atom stereocenters. The van der Waals surface area contributed by atoms with Crippen molar-refractivity contribution in [1.82, 2.24) is 5.06 Å². The minimum atomic E-state index is -0.587. The van der Waals surface area contributed by atoms with Gasteiger partial charge in [-0.05, 0) is 38.3 Å². The van der Waals surface area contributed by atoms with E-state index in [1.807, 2.05) is 81.4 Å². The fraction of sp³-hybridized carbons (Fsp3) is 0.481. The molecule has 32 heavy (non-hydrogen) atoms. The van der Waals surface area contributed by atoms with Crippen molar-refractivity contribution in [2.24, 2.45) is 5.92 Å². The zero-order valence-corrected chi connectivity index (χ0v) is 19.9. The van der Waals surface area contributed by atoms with Crippen LogP contribution in [0.25, 0.3) is 0 Å². The van der Waals surface area contributed by atoms with E-state index in [0.717, 1.165) is 30.4 Å². The molecule has 2 aromatic rings. The quantitative estimate of drug-likeness (QED) is 0.229. The van der Waals surface area contributed by atoms with Crippen LogP contribution in [0.1, 0.15) is 70.9 Å². The fourth-order valence-electron chi connectivity index (χ4n) is 3.32. The molecule has 0 saturated carbocycles. The number of hydrogen-bond acceptors (Lipinski definition) is 4. The first-order chi connectivity index (χ1) is 15.3. The SMILES string of the molecule is CCCCC[C@H](CC(=O)N(Cc1ccccc1)OCc1ccccc1)C(=O)OC(C)(C)C. The lowest BCUT2D eigenvalue weighted by Gasteiger charge is -2.26. The first kappa shape index (κ1) is 25.6. The van der Waals surface area contributed by atoms with Crippen LogP contribution in [0.4, 0.5) is 0 Å². The highest BCUT2D eigenvalue weighted by molar-refractivity contribution is 5.82. The van der Waals surface area contributed by atoms with Gasteiger partial charge in [0.15, 0.2) is 0 Å². The third kappa shape index (κ3) is 9.65. The summed E-state index contributed by atoms with van der Waals surface area (Å²) in [6, 6.07) is 19.5. The lowest BCUT2D eigenvalue weighted by atomic mass is 9.97. The van der Waals surface area contributed by atoms with Gasteiger partial charge in [-0.15, -0.1) is 0 Å². The van der Waals surface area contributed by atoms with Gasteiger partial charge < -0.3 is 4.74 Å². The van der Waals surface area contributed by atoms with E-state index in [1.54, 1.807) is 0 Å². The van der Waals surface area contributed by atoms with E-state index >= 15 is 0 Å². The maximum absolute atomic E-state index is 13.3. The summed E-state index contributed by atoms with van der Waals surface area (Å²) in [6.45, 7) is 8.27. The van der Waals surface area contributed by atoms with Crippen molar-refractivity contribution in [2.75, 3.05) is 0 Å². The molecule has 0 aliphatic carbocycles. The summed E-state index contributed by atoms with van der Waals surface area (Å²) < 4.78 is 5.61. The highest BCUT2D eigenvalue weighted by Crippen LogP contribution is 2.22. The molecule has 0 aliphatic rings. The smallest absolute Gasteiger partial charge is 0.309 e. The van der Waals surface area contributed by atoms with Crippen LogP contribution in [0.2, 0.25) is 0 Å². The van der Waals surface area contributed by atoms with E-state index < -0.39 is 11.5 Å². The van der Waals surface area contributed by atoms with Crippen LogP contribution in [-0.2, 0) is 32.3 Å². The van der Waals surface area contributed by atoms with Crippen molar-refractivity contribution in [1.29, 1.82) is 0 Å². The Balaban J connectivity index is 2.12. The summed E-state index contributed by atoms with van der Waals surface area (Å²) in [5, 5.41) is 1.39. The number of amides is 1. The first-order valence-electron chi connectivity index (χ1n) is 11.5. The molecular formula is C27H37NO4. The Bertz CT molecular complexity index is 815. The molecule has 174 valence electrons. The first-order valence-corrected chi connectivity index (χ1v) is 11.5. The molecular weight excluding hydrogens is 402 g/mol. The Morgan fingerprint density at radius 3 is 2.06 bits per heavy atom. The molecule has 1 amide bonds. The zero-order valence-electron chi connectivity index (χ0n) is 19.9. The Morgan fingerprint density at radius 1 is 0.906 bits per heavy atom. The Labute approximate surface area is 192 Å². The average Bonchev–Trinajstić information content (AvgIpc) is 2.76. The number of unbranched alkanes of at least 4 members (excludes halogenated alkanes) is 2. The number of hydroxylamine groups is 2. The molecule has 0 aliphatic heterocycles. The second-order valence-corrected chi connectivity index (χ2v) is 9.11. The molecule has 2 rings (SSSR count). The van der Waals surface area contributed by atoms with Crippen LogP contribution in [0.15, 0.2) is 60.7 Å². The summed E-state index contributed by atoms with van der Waals surface area (Å²) >= 11 is 0. The molecule has 0 fully saturated rings. The van der Waals surface area contributed by atoms with Crippen molar-refractivity contribution in [3.63, 3.8) is 0 Å². The van der Waals surface area contributed by atoms with Gasteiger partial charge in [-0.2, -0.15) is 0 Å². The van der Waals surface area contributed by atoms with Crippen LogP contribution < -0.4 is 0 Å². The van der Waals surface area contributed by atoms with Gasteiger partial charge in [-0.1, -0.05) is 86.8 Å². The van der Waals surface area contributed by atoms with Gasteiger partial charge in [0.05, 0.1) is 12.5 Å². The number of hydrogen-bond donors (Lipinski definition) is 0. The highest BCUT2D eigenvalue weighted by atomic mass is 16.7. The monoisotopic (exact) mass is 439 g/mol. The van der Waals surface area contributed by atoms with Gasteiger partial charge in [0.25, 0.3) is 0 Å². The number of carbonyl (C=O) groups is 2. The number of benzene rings is 2. The lowest BCUT2D eigenvalue weighted by Crippen LogP contribution is -2.35. The van der Waals surface area contributed by atoms with E-state index in [1.165, 1.54) is 5.06 Å². The van der Waals surface area contributed by atoms with Gasteiger partial charge in [0.2, 0.25) is 5.91 Å². The Kier molecular flexibility index (Phi) is 10.4. The molecule has 2 aromatic carbocycles. The van der Waals surface area contributed by atoms with E-state index in [9.17, 15) is 9.59 Å². The molecule has 0 aromatic heterocycles. The minimum Gasteiger partial charge on any atom is -0.460 e. The number of nitrogens with zero attached hydrogens (tertiary/aromatic N) is 1. The predicted molar refractivity (Wildman–Crippen MR) is 126 cm³/mol. The second kappa shape index (κ2) is 13.0. The molecule has 0 unspecified atom stereocenters. The van der Waals surface area contributed by atoms with Crippen LogP contribution in [0.5, 0.6) is 0 Å². The number of esters is 1. The standard InChI is InChI=1S/C27H37NO4/c1-5-6-9-18-24(26(30)32-27(2,3)4)19-25(29)28(20-22-14-10-7-11-15-22)31-21-23-16-12-8-13-17-23/h7-8,10-17,24H,5-6,9,18-21H2,1-4H3/t24-/m1/s1. The van der Waals surface area contributed by atoms with Crippen molar-refractivity contribution in [3.05, 3.63) is 71.8 Å². The summed E-state index contributed by atoms with van der Waals surface area (Å²) in [4.78, 5) is 32.0. The Morgan fingerprint density at radius 2 is 1.50 bits per heavy atom. The summed E-state index contributed by atoms with van der Waals surface area (Å²) in [7, 11) is 0. The average molecular weight is 440 g/mol. The van der Waals surface area contributed by atoms with Crippen LogP contribution in [0.3, 0.4) is 0 Å². The van der Waals surface area contributed by atoms with Crippen LogP contribution in [0, 0.1) is 5.92 Å². The number of carbonyl (C=O) groups excluding carboxylic acids is 2. The van der Waals surface area contributed by atoms with Crippen LogP contribution >= 0.6 is 0 Å². The van der Waals surface area contributed by atoms with E-state index in [2.05, 4.69) is 6.92 Å². The third-order valence-corrected chi connectivity index (χ3v) is 4.99. The number of ether oxygens (including phenoxy) is 1. The summed E-state index contributed by atoms with van der Waals surface area (Å²) in [5.74, 6) is -1.01. The van der Waals surface area contributed by atoms with Crippen molar-refractivity contribution in [2.45, 2.75) is 78.6 Å². The second-order valence-electron chi connectivity index (χ2n) is 9.11. The summed E-state index contributed by atoms with van der Waals surface area (Å²) in [6.07, 6.45) is 3.66. The van der Waals surface area contributed by atoms with Crippen LogP contribution in [-0.4, -0.2) is 22.5 Å². The maximum atomic E-state index is 13.3. The highest BCUT2D eigenvalue weighted by Gasteiger charge is 2.29. The molecule has 0 saturated heterocycles. The minimum absolute atomic E-state index is 0.0697. The van der Waals surface area contributed by atoms with Gasteiger partial charge in [-0.3, -0.25) is 14.4 Å². The molecule has 0 radical (unpaired) electrons. The van der Waals surface area contributed by atoms with E-state index in [-0.39, 0.29) is 24.9 Å². The van der Waals surface area contributed by atoms with E-state index in [4.69, 9.17) is 9.57 Å². The number of rotatable bonds is 12. The predicted octanol–water partition coefficient (Wildman–Crippen LogP) is 6.08. The van der Waals surface area contributed by atoms with Gasteiger partial charge in [-0.25, -0.2) is 5.06 Å².